The Labute approximate surface area is 174 Å². The van der Waals surface area contributed by atoms with E-state index in [0.29, 0.717) is 18.0 Å². The summed E-state index contributed by atoms with van der Waals surface area (Å²) in [5.74, 6) is 1.33. The van der Waals surface area contributed by atoms with Crippen LogP contribution >= 0.6 is 0 Å². The monoisotopic (exact) mass is 401 g/mol. The van der Waals surface area contributed by atoms with Crippen LogP contribution in [0.4, 0.5) is 0 Å². The molecule has 2 aromatic rings. The first-order valence-electron chi connectivity index (χ1n) is 10.4. The number of aryl methyl sites for hydroxylation is 1. The van der Waals surface area contributed by atoms with Crippen molar-refractivity contribution in [3.8, 4) is 11.5 Å². The van der Waals surface area contributed by atoms with Crippen LogP contribution in [0.25, 0.3) is 0 Å². The van der Waals surface area contributed by atoms with Crippen molar-refractivity contribution in [1.29, 1.82) is 0 Å². The third kappa shape index (κ3) is 8.01. The van der Waals surface area contributed by atoms with Gasteiger partial charge in [-0.05, 0) is 49.8 Å². The van der Waals surface area contributed by atoms with Gasteiger partial charge in [-0.3, -0.25) is 4.98 Å². The van der Waals surface area contributed by atoms with E-state index in [2.05, 4.69) is 35.1 Å². The quantitative estimate of drug-likeness (QED) is 0.503. The average molecular weight is 402 g/mol. The van der Waals surface area contributed by atoms with Crippen molar-refractivity contribution in [3.63, 3.8) is 0 Å². The van der Waals surface area contributed by atoms with Crippen molar-refractivity contribution in [1.82, 2.24) is 15.2 Å². The number of hydrogen-bond donors (Lipinski definition) is 2. The zero-order chi connectivity index (χ0) is 21.1. The molecule has 2 N–H and O–H groups in total. The van der Waals surface area contributed by atoms with E-state index in [1.54, 1.807) is 7.11 Å². The summed E-state index contributed by atoms with van der Waals surface area (Å²) >= 11 is 0. The molecule has 1 atom stereocenters. The molecule has 0 aliphatic heterocycles. The van der Waals surface area contributed by atoms with Crippen molar-refractivity contribution in [2.75, 3.05) is 39.9 Å². The fourth-order valence-corrected chi connectivity index (χ4v) is 3.15. The van der Waals surface area contributed by atoms with Gasteiger partial charge in [-0.2, -0.15) is 0 Å². The molecule has 160 valence electrons. The van der Waals surface area contributed by atoms with Crippen LogP contribution in [-0.2, 0) is 13.0 Å². The van der Waals surface area contributed by atoms with Gasteiger partial charge in [0.25, 0.3) is 0 Å². The summed E-state index contributed by atoms with van der Waals surface area (Å²) in [6.45, 7) is 10.5. The molecule has 2 rings (SSSR count). The fraction of sp³-hybridized carbons (Fsp3) is 0.522. The highest BCUT2D eigenvalue weighted by molar-refractivity contribution is 5.43. The van der Waals surface area contributed by atoms with Crippen LogP contribution in [0.3, 0.4) is 0 Å². The molecule has 0 saturated carbocycles. The first-order chi connectivity index (χ1) is 14.0. The van der Waals surface area contributed by atoms with E-state index in [0.717, 1.165) is 49.6 Å². The van der Waals surface area contributed by atoms with Crippen LogP contribution in [0, 0.1) is 6.92 Å². The van der Waals surface area contributed by atoms with Crippen LogP contribution in [-0.4, -0.2) is 61.0 Å². The maximum atomic E-state index is 10.2. The van der Waals surface area contributed by atoms with E-state index in [1.165, 1.54) is 0 Å². The van der Waals surface area contributed by atoms with Gasteiger partial charge in [0.1, 0.15) is 12.7 Å². The number of aliphatic hydroxyl groups is 1. The first-order valence-corrected chi connectivity index (χ1v) is 10.4. The van der Waals surface area contributed by atoms with Gasteiger partial charge < -0.3 is 24.8 Å². The SMILES string of the molecule is CCN(CC)CC(O)COc1ccc(CNCCc2cccc(C)n2)cc1OC. The Balaban J connectivity index is 1.81. The third-order valence-corrected chi connectivity index (χ3v) is 4.86. The highest BCUT2D eigenvalue weighted by atomic mass is 16.5. The number of methoxy groups -OCH3 is 1. The molecular formula is C23H35N3O3. The third-order valence-electron chi connectivity index (χ3n) is 4.86. The minimum absolute atomic E-state index is 0.244. The summed E-state index contributed by atoms with van der Waals surface area (Å²) < 4.78 is 11.3. The van der Waals surface area contributed by atoms with Crippen molar-refractivity contribution in [2.45, 2.75) is 39.8 Å². The van der Waals surface area contributed by atoms with Crippen LogP contribution < -0.4 is 14.8 Å². The summed E-state index contributed by atoms with van der Waals surface area (Å²) in [4.78, 5) is 6.69. The molecule has 6 nitrogen and oxygen atoms in total. The lowest BCUT2D eigenvalue weighted by Crippen LogP contribution is -2.35. The Hall–Kier alpha value is -2.15. The van der Waals surface area contributed by atoms with Gasteiger partial charge in [-0.25, -0.2) is 0 Å². The van der Waals surface area contributed by atoms with Gasteiger partial charge in [0, 0.05) is 37.4 Å². The van der Waals surface area contributed by atoms with Crippen molar-refractivity contribution >= 4 is 0 Å². The van der Waals surface area contributed by atoms with Gasteiger partial charge in [-0.15, -0.1) is 0 Å². The molecule has 1 unspecified atom stereocenters. The van der Waals surface area contributed by atoms with Gasteiger partial charge >= 0.3 is 0 Å². The Morgan fingerprint density at radius 3 is 2.62 bits per heavy atom. The maximum absolute atomic E-state index is 10.2. The van der Waals surface area contributed by atoms with E-state index in [4.69, 9.17) is 9.47 Å². The number of nitrogens with zero attached hydrogens (tertiary/aromatic N) is 2. The fourth-order valence-electron chi connectivity index (χ4n) is 3.15. The number of ether oxygens (including phenoxy) is 2. The topological polar surface area (TPSA) is 66.9 Å². The Bertz CT molecular complexity index is 735. The van der Waals surface area contributed by atoms with Gasteiger partial charge in [0.05, 0.1) is 7.11 Å². The second-order valence-electron chi connectivity index (χ2n) is 7.13. The van der Waals surface area contributed by atoms with Crippen molar-refractivity contribution in [3.05, 3.63) is 53.3 Å². The molecule has 0 fully saturated rings. The molecule has 0 amide bonds. The molecule has 1 heterocycles. The lowest BCUT2D eigenvalue weighted by Gasteiger charge is -2.22. The smallest absolute Gasteiger partial charge is 0.161 e. The zero-order valence-electron chi connectivity index (χ0n) is 18.1. The number of nitrogens with one attached hydrogen (secondary N) is 1. The number of aliphatic hydroxyl groups excluding tert-OH is 1. The van der Waals surface area contributed by atoms with Gasteiger partial charge in [0.2, 0.25) is 0 Å². The zero-order valence-corrected chi connectivity index (χ0v) is 18.1. The lowest BCUT2D eigenvalue weighted by atomic mass is 10.2. The van der Waals surface area contributed by atoms with Gasteiger partial charge in [-0.1, -0.05) is 26.0 Å². The van der Waals surface area contributed by atoms with E-state index in [-0.39, 0.29) is 6.61 Å². The Kier molecular flexibility index (Phi) is 9.91. The second kappa shape index (κ2) is 12.4. The maximum Gasteiger partial charge on any atom is 0.161 e. The average Bonchev–Trinajstić information content (AvgIpc) is 2.73. The summed E-state index contributed by atoms with van der Waals surface area (Å²) in [6.07, 6.45) is 0.362. The van der Waals surface area contributed by atoms with Crippen molar-refractivity contribution < 1.29 is 14.6 Å². The molecule has 0 radical (unpaired) electrons. The van der Waals surface area contributed by atoms with E-state index in [9.17, 15) is 5.11 Å². The number of benzene rings is 1. The highest BCUT2D eigenvalue weighted by Gasteiger charge is 2.12. The molecule has 0 aliphatic rings. The number of hydrogen-bond acceptors (Lipinski definition) is 6. The molecule has 6 heteroatoms. The lowest BCUT2D eigenvalue weighted by molar-refractivity contribution is 0.0705. The van der Waals surface area contributed by atoms with Crippen LogP contribution in [0.15, 0.2) is 36.4 Å². The number of rotatable bonds is 13. The minimum Gasteiger partial charge on any atom is -0.493 e. The van der Waals surface area contributed by atoms with Crippen molar-refractivity contribution in [2.24, 2.45) is 0 Å². The number of pyridine rings is 1. The molecule has 0 saturated heterocycles. The van der Waals surface area contributed by atoms with Crippen LogP contribution in [0.1, 0.15) is 30.8 Å². The highest BCUT2D eigenvalue weighted by Crippen LogP contribution is 2.28. The standard InChI is InChI=1S/C23H35N3O3/c1-5-26(6-2)16-21(27)17-29-22-11-10-19(14-23(22)28-4)15-24-13-12-20-9-7-8-18(3)25-20/h7-11,14,21,24,27H,5-6,12-13,15-17H2,1-4H3. The first kappa shape index (κ1) is 23.1. The predicted molar refractivity (Wildman–Crippen MR) is 117 cm³/mol. The molecule has 1 aromatic heterocycles. The summed E-state index contributed by atoms with van der Waals surface area (Å²) in [6, 6.07) is 12.0. The molecule has 0 bridgehead atoms. The summed E-state index contributed by atoms with van der Waals surface area (Å²) in [7, 11) is 1.63. The second-order valence-corrected chi connectivity index (χ2v) is 7.13. The number of aromatic nitrogens is 1. The summed E-state index contributed by atoms with van der Waals surface area (Å²) in [5, 5.41) is 13.6. The van der Waals surface area contributed by atoms with E-state index in [1.807, 2.05) is 37.3 Å². The molecular weight excluding hydrogens is 366 g/mol. The number of likely N-dealkylation sites (N-methyl/N-ethyl adjacent to an activating group) is 1. The molecule has 1 aromatic carbocycles. The largest absolute Gasteiger partial charge is 0.493 e. The normalized spacial score (nSPS) is 12.2. The van der Waals surface area contributed by atoms with E-state index >= 15 is 0 Å². The van der Waals surface area contributed by atoms with Gasteiger partial charge in [0.15, 0.2) is 11.5 Å². The van der Waals surface area contributed by atoms with Crippen LogP contribution in [0.2, 0.25) is 0 Å². The van der Waals surface area contributed by atoms with E-state index < -0.39 is 6.10 Å². The minimum atomic E-state index is -0.531. The Morgan fingerprint density at radius 2 is 1.93 bits per heavy atom. The summed E-state index contributed by atoms with van der Waals surface area (Å²) in [5.41, 5.74) is 3.27. The molecule has 0 aliphatic carbocycles. The molecule has 0 spiro atoms. The van der Waals surface area contributed by atoms with Crippen LogP contribution in [0.5, 0.6) is 11.5 Å². The Morgan fingerprint density at radius 1 is 1.14 bits per heavy atom. The molecule has 29 heavy (non-hydrogen) atoms. The predicted octanol–water partition coefficient (Wildman–Crippen LogP) is 2.81.